The van der Waals surface area contributed by atoms with E-state index in [1.54, 1.807) is 11.0 Å². The Morgan fingerprint density at radius 3 is 2.19 bits per heavy atom. The van der Waals surface area contributed by atoms with Gasteiger partial charge in [-0.25, -0.2) is 0 Å². The van der Waals surface area contributed by atoms with Crippen LogP contribution in [-0.2, 0) is 25.7 Å². The van der Waals surface area contributed by atoms with Gasteiger partial charge in [0.25, 0.3) is 5.91 Å². The maximum Gasteiger partial charge on any atom is 0.255 e. The Morgan fingerprint density at radius 1 is 0.776 bits per heavy atom. The van der Waals surface area contributed by atoms with Crippen molar-refractivity contribution in [1.29, 1.82) is 0 Å². The second-order valence-electron chi connectivity index (χ2n) is 14.6. The van der Waals surface area contributed by atoms with Crippen LogP contribution >= 0.6 is 11.6 Å². The lowest BCUT2D eigenvalue weighted by atomic mass is 9.88. The Kier molecular flexibility index (Phi) is 13.9. The third-order valence-electron chi connectivity index (χ3n) is 11.0. The first-order valence-electron chi connectivity index (χ1n) is 20.1. The van der Waals surface area contributed by atoms with Crippen molar-refractivity contribution in [2.45, 2.75) is 38.3 Å². The van der Waals surface area contributed by atoms with Crippen molar-refractivity contribution in [1.82, 2.24) is 20.0 Å². The van der Waals surface area contributed by atoms with Gasteiger partial charge in [0.1, 0.15) is 18.4 Å². The number of anilines is 1. The smallest absolute Gasteiger partial charge is 0.255 e. The standard InChI is InChI=1S/C46H50ClN5O6/c47-22-20-37(33-8-3-1-4-9-33)44(34-10-5-2-6-11-34)35-14-16-36(17-15-35)58-31-28-50-24-26-51(27-25-50)43(54)21-29-57-30-23-48-40-13-7-12-38-39(40)32-52(46(38)56)41-18-19-42(53)49-45(41)55/h1-17,41,48H,18-32H2,(H,49,53,55)/b44-37-. The number of amides is 4. The summed E-state index contributed by atoms with van der Waals surface area (Å²) in [5.74, 6) is 0.487. The Hall–Kier alpha value is -5.49. The molecule has 3 aliphatic rings. The molecule has 58 heavy (non-hydrogen) atoms. The van der Waals surface area contributed by atoms with Gasteiger partial charge in [-0.3, -0.25) is 29.4 Å². The van der Waals surface area contributed by atoms with E-state index in [4.69, 9.17) is 21.1 Å². The number of piperidine rings is 1. The number of nitrogens with zero attached hydrogens (tertiary/aromatic N) is 3. The monoisotopic (exact) mass is 803 g/mol. The molecule has 0 aromatic heterocycles. The minimum atomic E-state index is -0.655. The van der Waals surface area contributed by atoms with E-state index in [9.17, 15) is 19.2 Å². The summed E-state index contributed by atoms with van der Waals surface area (Å²) >= 11 is 6.32. The summed E-state index contributed by atoms with van der Waals surface area (Å²) < 4.78 is 12.0. The fourth-order valence-corrected chi connectivity index (χ4v) is 8.12. The number of allylic oxidation sites excluding steroid dienone is 1. The summed E-state index contributed by atoms with van der Waals surface area (Å²) in [6.45, 7) is 5.76. The fourth-order valence-electron chi connectivity index (χ4n) is 7.93. The number of carbonyl (C=O) groups excluding carboxylic acids is 4. The number of hydrogen-bond donors (Lipinski definition) is 2. The quantitative estimate of drug-likeness (QED) is 0.0571. The van der Waals surface area contributed by atoms with Crippen LogP contribution in [0, 0.1) is 0 Å². The molecule has 0 saturated carbocycles. The average Bonchev–Trinajstić information content (AvgIpc) is 3.59. The zero-order chi connectivity index (χ0) is 40.3. The number of imide groups is 1. The lowest BCUT2D eigenvalue weighted by Gasteiger charge is -2.34. The maximum atomic E-state index is 13.1. The van der Waals surface area contributed by atoms with E-state index in [-0.39, 0.29) is 24.1 Å². The van der Waals surface area contributed by atoms with Gasteiger partial charge in [0.05, 0.1) is 19.6 Å². The number of fused-ring (bicyclic) bond motifs is 1. The van der Waals surface area contributed by atoms with E-state index in [2.05, 4.69) is 76.2 Å². The van der Waals surface area contributed by atoms with E-state index in [1.807, 2.05) is 41.3 Å². The molecule has 4 amide bonds. The van der Waals surface area contributed by atoms with Gasteiger partial charge in [-0.2, -0.15) is 0 Å². The molecule has 11 nitrogen and oxygen atoms in total. The van der Waals surface area contributed by atoms with E-state index < -0.39 is 11.9 Å². The second-order valence-corrected chi connectivity index (χ2v) is 15.0. The summed E-state index contributed by atoms with van der Waals surface area (Å²) in [4.78, 5) is 55.8. The molecule has 4 aromatic carbocycles. The number of rotatable bonds is 17. The lowest BCUT2D eigenvalue weighted by molar-refractivity contribution is -0.137. The van der Waals surface area contributed by atoms with Gasteiger partial charge in [-0.1, -0.05) is 78.9 Å². The fraction of sp³-hybridized carbons (Fsp3) is 0.348. The number of nitrogens with one attached hydrogen (secondary N) is 2. The summed E-state index contributed by atoms with van der Waals surface area (Å²) in [6.07, 6.45) is 1.60. The van der Waals surface area contributed by atoms with Crippen molar-refractivity contribution >= 4 is 52.1 Å². The first-order valence-corrected chi connectivity index (χ1v) is 20.6. The number of carbonyl (C=O) groups is 4. The predicted molar refractivity (Wildman–Crippen MR) is 226 cm³/mol. The molecule has 1 unspecified atom stereocenters. The zero-order valence-corrected chi connectivity index (χ0v) is 33.4. The van der Waals surface area contributed by atoms with Gasteiger partial charge in [-0.15, -0.1) is 11.6 Å². The molecule has 302 valence electrons. The minimum absolute atomic E-state index is 0.0854. The van der Waals surface area contributed by atoms with Crippen molar-refractivity contribution in [2.75, 3.05) is 70.3 Å². The molecule has 2 saturated heterocycles. The number of alkyl halides is 1. The van der Waals surface area contributed by atoms with E-state index in [0.717, 1.165) is 59.7 Å². The van der Waals surface area contributed by atoms with Crippen LogP contribution in [0.15, 0.2) is 103 Å². The first-order chi connectivity index (χ1) is 28.4. The van der Waals surface area contributed by atoms with Crippen LogP contribution in [0.4, 0.5) is 5.69 Å². The van der Waals surface area contributed by atoms with Gasteiger partial charge in [0, 0.05) is 74.9 Å². The molecule has 0 aliphatic carbocycles. The first kappa shape index (κ1) is 40.7. The second kappa shape index (κ2) is 19.8. The third kappa shape index (κ3) is 9.96. The van der Waals surface area contributed by atoms with E-state index in [0.29, 0.717) is 70.3 Å². The largest absolute Gasteiger partial charge is 0.492 e. The minimum Gasteiger partial charge on any atom is -0.492 e. The molecule has 2 N–H and O–H groups in total. The van der Waals surface area contributed by atoms with Crippen LogP contribution in [0.1, 0.15) is 58.3 Å². The molecule has 2 fully saturated rings. The molecule has 1 atom stereocenters. The van der Waals surface area contributed by atoms with E-state index in [1.165, 1.54) is 11.1 Å². The van der Waals surface area contributed by atoms with Gasteiger partial charge >= 0.3 is 0 Å². The highest BCUT2D eigenvalue weighted by molar-refractivity contribution is 6.18. The van der Waals surface area contributed by atoms with Gasteiger partial charge in [-0.05, 0) is 64.9 Å². The molecular formula is C46H50ClN5O6. The molecule has 12 heteroatoms. The topological polar surface area (TPSA) is 121 Å². The zero-order valence-electron chi connectivity index (χ0n) is 32.7. The maximum absolute atomic E-state index is 13.1. The van der Waals surface area contributed by atoms with Crippen LogP contribution in [0.5, 0.6) is 5.75 Å². The normalized spacial score (nSPS) is 17.5. The third-order valence-corrected chi connectivity index (χ3v) is 11.2. The van der Waals surface area contributed by atoms with Gasteiger partial charge in [0.15, 0.2) is 0 Å². The summed E-state index contributed by atoms with van der Waals surface area (Å²) in [5.41, 5.74) is 8.00. The van der Waals surface area contributed by atoms with Crippen molar-refractivity contribution in [3.8, 4) is 5.75 Å². The van der Waals surface area contributed by atoms with Crippen molar-refractivity contribution in [3.63, 3.8) is 0 Å². The van der Waals surface area contributed by atoms with E-state index >= 15 is 0 Å². The lowest BCUT2D eigenvalue weighted by Crippen LogP contribution is -2.52. The van der Waals surface area contributed by atoms with Gasteiger partial charge in [0.2, 0.25) is 17.7 Å². The Balaban J connectivity index is 0.808. The summed E-state index contributed by atoms with van der Waals surface area (Å²) in [7, 11) is 0. The van der Waals surface area contributed by atoms with Crippen molar-refractivity contribution in [2.24, 2.45) is 0 Å². The highest BCUT2D eigenvalue weighted by Crippen LogP contribution is 2.36. The Morgan fingerprint density at radius 2 is 1.48 bits per heavy atom. The molecular weight excluding hydrogens is 754 g/mol. The molecule has 7 rings (SSSR count). The van der Waals surface area contributed by atoms with Crippen molar-refractivity contribution in [3.05, 3.63) is 131 Å². The summed E-state index contributed by atoms with van der Waals surface area (Å²) in [5, 5.41) is 5.68. The molecule has 4 aromatic rings. The number of ether oxygens (including phenoxy) is 2. The highest BCUT2D eigenvalue weighted by atomic mass is 35.5. The van der Waals surface area contributed by atoms with Crippen molar-refractivity contribution < 1.29 is 28.7 Å². The molecule has 3 heterocycles. The van der Waals surface area contributed by atoms with Gasteiger partial charge < -0.3 is 24.6 Å². The molecule has 0 bridgehead atoms. The van der Waals surface area contributed by atoms with Crippen LogP contribution in [0.3, 0.4) is 0 Å². The van der Waals surface area contributed by atoms with Crippen LogP contribution < -0.4 is 15.4 Å². The molecule has 3 aliphatic heterocycles. The number of hydrogen-bond acceptors (Lipinski definition) is 8. The number of halogens is 1. The Bertz CT molecular complexity index is 2090. The SMILES string of the molecule is O=C1CCC(N2Cc3c(NCCOCCC(=O)N4CCN(CCOc5ccc(/C(=C(/CCCl)c6ccccc6)c6ccccc6)cc5)CC4)cccc3C2=O)C(=O)N1. The molecule has 0 radical (unpaired) electrons. The number of benzene rings is 4. The van der Waals surface area contributed by atoms with Crippen LogP contribution in [0.25, 0.3) is 11.1 Å². The number of piperazine rings is 1. The Labute approximate surface area is 344 Å². The predicted octanol–water partition coefficient (Wildman–Crippen LogP) is 6.08. The summed E-state index contributed by atoms with van der Waals surface area (Å²) in [6, 6.07) is 34.0. The molecule has 0 spiro atoms. The highest BCUT2D eigenvalue weighted by Gasteiger charge is 2.39. The van der Waals surface area contributed by atoms with Crippen LogP contribution in [0.2, 0.25) is 0 Å². The van der Waals surface area contributed by atoms with Crippen LogP contribution in [-0.4, -0.2) is 109 Å². The average molecular weight is 804 g/mol.